The Hall–Kier alpha value is -2.70. The number of hydrogen-bond donors (Lipinski definition) is 0. The molecule has 122 valence electrons. The zero-order valence-electron chi connectivity index (χ0n) is 13.5. The summed E-state index contributed by atoms with van der Waals surface area (Å²) >= 11 is 0. The number of Topliss-reactive ketones (excluding diaryl/α,β-unsaturated/α-hetero) is 1. The Balaban J connectivity index is 2.37. The van der Waals surface area contributed by atoms with Crippen LogP contribution in [0.25, 0.3) is 0 Å². The summed E-state index contributed by atoms with van der Waals surface area (Å²) in [6.07, 6.45) is 0. The standard InChI is InChI=1S/C16H18N2O5/c1-9(2)18-15(21)14(20)17(16(18)22)8-12-7-11(10(3)19)5-6-13(12)23-4/h5-7,9H,8H2,1-4H3. The van der Waals surface area contributed by atoms with Crippen molar-refractivity contribution in [2.75, 3.05) is 7.11 Å². The SMILES string of the molecule is COc1ccc(C(C)=O)cc1CN1C(=O)C(=O)N(C(C)C)C1=O. The van der Waals surface area contributed by atoms with Gasteiger partial charge in [-0.15, -0.1) is 0 Å². The molecule has 1 heterocycles. The second kappa shape index (κ2) is 6.20. The van der Waals surface area contributed by atoms with Gasteiger partial charge in [-0.2, -0.15) is 0 Å². The highest BCUT2D eigenvalue weighted by molar-refractivity contribution is 6.44. The Kier molecular flexibility index (Phi) is 4.49. The second-order valence-corrected chi connectivity index (χ2v) is 5.53. The molecule has 4 amide bonds. The van der Waals surface area contributed by atoms with Crippen molar-refractivity contribution in [3.63, 3.8) is 0 Å². The monoisotopic (exact) mass is 318 g/mol. The van der Waals surface area contributed by atoms with Crippen LogP contribution in [-0.4, -0.2) is 46.6 Å². The fourth-order valence-corrected chi connectivity index (χ4v) is 2.41. The minimum absolute atomic E-state index is 0.128. The summed E-state index contributed by atoms with van der Waals surface area (Å²) < 4.78 is 5.20. The predicted molar refractivity (Wildman–Crippen MR) is 80.9 cm³/mol. The molecule has 1 aromatic carbocycles. The molecule has 1 fully saturated rings. The van der Waals surface area contributed by atoms with Crippen LogP contribution >= 0.6 is 0 Å². The molecule has 0 spiro atoms. The van der Waals surface area contributed by atoms with Gasteiger partial charge in [-0.05, 0) is 39.0 Å². The molecular weight excluding hydrogens is 300 g/mol. The molecule has 2 rings (SSSR count). The zero-order chi connectivity index (χ0) is 17.3. The van der Waals surface area contributed by atoms with Gasteiger partial charge in [-0.25, -0.2) is 4.79 Å². The van der Waals surface area contributed by atoms with Crippen molar-refractivity contribution in [1.82, 2.24) is 9.80 Å². The van der Waals surface area contributed by atoms with Gasteiger partial charge >= 0.3 is 17.8 Å². The third kappa shape index (κ3) is 2.94. The number of carbonyl (C=O) groups excluding carboxylic acids is 4. The van der Waals surface area contributed by atoms with Gasteiger partial charge in [0.05, 0.1) is 13.7 Å². The Bertz CT molecular complexity index is 696. The van der Waals surface area contributed by atoms with E-state index in [-0.39, 0.29) is 12.3 Å². The second-order valence-electron chi connectivity index (χ2n) is 5.53. The highest BCUT2D eigenvalue weighted by Gasteiger charge is 2.45. The Morgan fingerprint density at radius 2 is 1.83 bits per heavy atom. The Morgan fingerprint density at radius 3 is 2.30 bits per heavy atom. The highest BCUT2D eigenvalue weighted by Crippen LogP contribution is 2.25. The molecule has 0 atom stereocenters. The summed E-state index contributed by atoms with van der Waals surface area (Å²) in [6.45, 7) is 4.60. The van der Waals surface area contributed by atoms with Gasteiger partial charge in [0.1, 0.15) is 5.75 Å². The number of benzene rings is 1. The number of ketones is 1. The van der Waals surface area contributed by atoms with E-state index in [4.69, 9.17) is 4.74 Å². The molecule has 0 aromatic heterocycles. The lowest BCUT2D eigenvalue weighted by Crippen LogP contribution is -2.37. The molecule has 0 bridgehead atoms. The van der Waals surface area contributed by atoms with Gasteiger partial charge in [-0.3, -0.25) is 24.2 Å². The van der Waals surface area contributed by atoms with Gasteiger partial charge < -0.3 is 4.74 Å². The van der Waals surface area contributed by atoms with Crippen LogP contribution in [0.2, 0.25) is 0 Å². The van der Waals surface area contributed by atoms with E-state index in [1.807, 2.05) is 0 Å². The van der Waals surface area contributed by atoms with Crippen LogP contribution in [0.3, 0.4) is 0 Å². The average Bonchev–Trinajstić information content (AvgIpc) is 2.70. The van der Waals surface area contributed by atoms with E-state index in [0.717, 1.165) is 9.80 Å². The zero-order valence-corrected chi connectivity index (χ0v) is 13.5. The first-order chi connectivity index (χ1) is 10.8. The minimum atomic E-state index is -0.876. The van der Waals surface area contributed by atoms with Crippen LogP contribution in [0.1, 0.15) is 36.7 Å². The number of urea groups is 1. The maximum absolute atomic E-state index is 12.3. The molecule has 0 radical (unpaired) electrons. The van der Waals surface area contributed by atoms with E-state index in [1.165, 1.54) is 14.0 Å². The number of hydrogen-bond acceptors (Lipinski definition) is 5. The first kappa shape index (κ1) is 16.7. The number of amides is 4. The molecule has 1 aromatic rings. The first-order valence-electron chi connectivity index (χ1n) is 7.14. The lowest BCUT2D eigenvalue weighted by molar-refractivity contribution is -0.144. The summed E-state index contributed by atoms with van der Waals surface area (Å²) in [5.41, 5.74) is 0.923. The quantitative estimate of drug-likeness (QED) is 0.468. The first-order valence-corrected chi connectivity index (χ1v) is 7.14. The van der Waals surface area contributed by atoms with Gasteiger partial charge in [0.15, 0.2) is 5.78 Å². The fourth-order valence-electron chi connectivity index (χ4n) is 2.41. The highest BCUT2D eigenvalue weighted by atomic mass is 16.5. The van der Waals surface area contributed by atoms with Crippen molar-refractivity contribution in [1.29, 1.82) is 0 Å². The van der Waals surface area contributed by atoms with Crippen LogP contribution in [0, 0.1) is 0 Å². The van der Waals surface area contributed by atoms with Crippen molar-refractivity contribution in [2.45, 2.75) is 33.4 Å². The van der Waals surface area contributed by atoms with E-state index < -0.39 is 23.9 Å². The van der Waals surface area contributed by atoms with Crippen molar-refractivity contribution in [2.24, 2.45) is 0 Å². The van der Waals surface area contributed by atoms with E-state index in [9.17, 15) is 19.2 Å². The van der Waals surface area contributed by atoms with Gasteiger partial charge in [0, 0.05) is 17.2 Å². The normalized spacial score (nSPS) is 14.9. The van der Waals surface area contributed by atoms with Crippen LogP contribution in [0.15, 0.2) is 18.2 Å². The van der Waals surface area contributed by atoms with Crippen molar-refractivity contribution in [3.8, 4) is 5.75 Å². The maximum atomic E-state index is 12.3. The fraction of sp³-hybridized carbons (Fsp3) is 0.375. The number of imide groups is 2. The lowest BCUT2D eigenvalue weighted by Gasteiger charge is -2.19. The molecule has 23 heavy (non-hydrogen) atoms. The maximum Gasteiger partial charge on any atom is 0.334 e. The molecule has 7 nitrogen and oxygen atoms in total. The van der Waals surface area contributed by atoms with E-state index in [1.54, 1.807) is 32.0 Å². The molecule has 0 unspecified atom stereocenters. The molecule has 7 heteroatoms. The van der Waals surface area contributed by atoms with Gasteiger partial charge in [0.2, 0.25) is 0 Å². The lowest BCUT2D eigenvalue weighted by atomic mass is 10.1. The van der Waals surface area contributed by atoms with Crippen molar-refractivity contribution in [3.05, 3.63) is 29.3 Å². The number of nitrogens with zero attached hydrogens (tertiary/aromatic N) is 2. The van der Waals surface area contributed by atoms with Crippen molar-refractivity contribution < 1.29 is 23.9 Å². The molecule has 1 aliphatic heterocycles. The van der Waals surface area contributed by atoms with Gasteiger partial charge in [0.25, 0.3) is 0 Å². The largest absolute Gasteiger partial charge is 0.496 e. The van der Waals surface area contributed by atoms with Crippen LogP contribution < -0.4 is 4.74 Å². The molecule has 1 aliphatic rings. The topological polar surface area (TPSA) is 84.0 Å². The van der Waals surface area contributed by atoms with E-state index in [0.29, 0.717) is 16.9 Å². The van der Waals surface area contributed by atoms with E-state index in [2.05, 4.69) is 0 Å². The van der Waals surface area contributed by atoms with Crippen LogP contribution in [-0.2, 0) is 16.1 Å². The van der Waals surface area contributed by atoms with E-state index >= 15 is 0 Å². The van der Waals surface area contributed by atoms with Crippen LogP contribution in [0.4, 0.5) is 4.79 Å². The molecule has 0 saturated carbocycles. The number of methoxy groups -OCH3 is 1. The molecular formula is C16H18N2O5. The summed E-state index contributed by atoms with van der Waals surface area (Å²) in [7, 11) is 1.45. The summed E-state index contributed by atoms with van der Waals surface area (Å²) in [5, 5.41) is 0. The average molecular weight is 318 g/mol. The predicted octanol–water partition coefficient (Wildman–Crippen LogP) is 1.60. The van der Waals surface area contributed by atoms with Crippen molar-refractivity contribution >= 4 is 23.6 Å². The molecule has 0 aliphatic carbocycles. The Labute approximate surface area is 133 Å². The Morgan fingerprint density at radius 1 is 1.17 bits per heavy atom. The summed E-state index contributed by atoms with van der Waals surface area (Å²) in [4.78, 5) is 49.6. The number of carbonyl (C=O) groups is 4. The summed E-state index contributed by atoms with van der Waals surface area (Å²) in [5.74, 6) is -1.43. The molecule has 0 N–H and O–H groups in total. The third-order valence-corrected chi connectivity index (χ3v) is 3.62. The van der Waals surface area contributed by atoms with Crippen LogP contribution in [0.5, 0.6) is 5.75 Å². The summed E-state index contributed by atoms with van der Waals surface area (Å²) in [6, 6.07) is 3.69. The van der Waals surface area contributed by atoms with Gasteiger partial charge in [-0.1, -0.05) is 0 Å². The minimum Gasteiger partial charge on any atom is -0.496 e. The third-order valence-electron chi connectivity index (χ3n) is 3.62. The number of rotatable bonds is 5. The number of ether oxygens (including phenoxy) is 1. The molecule has 1 saturated heterocycles. The smallest absolute Gasteiger partial charge is 0.334 e.